The summed E-state index contributed by atoms with van der Waals surface area (Å²) in [7, 11) is 0. The van der Waals surface area contributed by atoms with Crippen LogP contribution in [0.5, 0.6) is 0 Å². The Balaban J connectivity index is 1.42. The maximum Gasteiger partial charge on any atom is 0.335 e. The third kappa shape index (κ3) is 6.40. The van der Waals surface area contributed by atoms with Gasteiger partial charge in [0.2, 0.25) is 0 Å². The molecule has 2 aliphatic rings. The van der Waals surface area contributed by atoms with Crippen LogP contribution in [0.4, 0.5) is 4.39 Å². The highest BCUT2D eigenvalue weighted by atomic mass is 35.5. The summed E-state index contributed by atoms with van der Waals surface area (Å²) < 4.78 is 24.8. The predicted molar refractivity (Wildman–Crippen MR) is 134 cm³/mol. The highest BCUT2D eigenvalue weighted by Crippen LogP contribution is 2.40. The number of carbonyl (C=O) groups is 2. The number of rotatable bonds is 9. The van der Waals surface area contributed by atoms with Gasteiger partial charge in [-0.05, 0) is 67.8 Å². The molecule has 2 heterocycles. The molecule has 0 unspecified atom stereocenters. The Morgan fingerprint density at radius 2 is 1.63 bits per heavy atom. The number of halogens is 2. The molecule has 206 valence electrons. The fraction of sp³-hybridized carbons (Fsp3) is 0.481. The van der Waals surface area contributed by atoms with E-state index in [-0.39, 0.29) is 5.78 Å². The van der Waals surface area contributed by atoms with Gasteiger partial charge in [0, 0.05) is 30.1 Å². The molecule has 0 aromatic heterocycles. The molecule has 0 saturated carbocycles. The van der Waals surface area contributed by atoms with Gasteiger partial charge < -0.3 is 34.8 Å². The van der Waals surface area contributed by atoms with Gasteiger partial charge in [0.15, 0.2) is 18.2 Å². The molecule has 2 saturated heterocycles. The van der Waals surface area contributed by atoms with Crippen LogP contribution in [-0.4, -0.2) is 87.4 Å². The Kier molecular flexibility index (Phi) is 9.15. The number of ketones is 1. The van der Waals surface area contributed by atoms with Crippen LogP contribution >= 0.6 is 11.6 Å². The number of hydrogen-bond acceptors (Lipinski definition) is 8. The number of carboxylic acid groups (broad SMARTS) is 1. The third-order valence-corrected chi connectivity index (χ3v) is 7.49. The highest BCUT2D eigenvalue weighted by molar-refractivity contribution is 6.30. The number of hydrogen-bond donors (Lipinski definition) is 4. The molecule has 2 aromatic rings. The normalized spacial score (nSPS) is 27.7. The number of carboxylic acids is 1. The molecule has 11 heteroatoms. The summed E-state index contributed by atoms with van der Waals surface area (Å²) in [5.74, 6) is -1.93. The van der Waals surface area contributed by atoms with Gasteiger partial charge in [-0.2, -0.15) is 0 Å². The van der Waals surface area contributed by atoms with E-state index in [1.54, 1.807) is 24.3 Å². The van der Waals surface area contributed by atoms with E-state index in [1.807, 2.05) is 0 Å². The quantitative estimate of drug-likeness (QED) is 0.346. The van der Waals surface area contributed by atoms with Crippen LogP contribution in [0, 0.1) is 5.82 Å². The van der Waals surface area contributed by atoms with E-state index in [2.05, 4.69) is 4.90 Å². The maximum atomic E-state index is 13.1. The summed E-state index contributed by atoms with van der Waals surface area (Å²) in [5.41, 5.74) is 0.233. The fourth-order valence-corrected chi connectivity index (χ4v) is 5.11. The lowest BCUT2D eigenvalue weighted by atomic mass is 9.83. The Labute approximate surface area is 224 Å². The van der Waals surface area contributed by atoms with E-state index < -0.39 is 48.1 Å². The molecule has 0 amide bonds. The second-order valence-corrected chi connectivity index (χ2v) is 10.2. The third-order valence-electron chi connectivity index (χ3n) is 7.23. The van der Waals surface area contributed by atoms with Crippen molar-refractivity contribution in [1.82, 2.24) is 4.90 Å². The van der Waals surface area contributed by atoms with Crippen LogP contribution in [0.25, 0.3) is 0 Å². The summed E-state index contributed by atoms with van der Waals surface area (Å²) in [6.07, 6.45) is -6.68. The number of aliphatic hydroxyl groups excluding tert-OH is 3. The largest absolute Gasteiger partial charge is 0.479 e. The van der Waals surface area contributed by atoms with Crippen molar-refractivity contribution in [3.05, 3.63) is 70.5 Å². The molecule has 4 N–H and O–H groups in total. The van der Waals surface area contributed by atoms with Crippen LogP contribution in [0.1, 0.15) is 41.6 Å². The van der Waals surface area contributed by atoms with Crippen molar-refractivity contribution in [3.63, 3.8) is 0 Å². The minimum Gasteiger partial charge on any atom is -0.479 e. The van der Waals surface area contributed by atoms with Gasteiger partial charge in [-0.15, -0.1) is 0 Å². The van der Waals surface area contributed by atoms with Crippen molar-refractivity contribution >= 4 is 23.4 Å². The summed E-state index contributed by atoms with van der Waals surface area (Å²) in [5, 5.41) is 40.7. The number of aliphatic carboxylic acids is 1. The SMILES string of the molecule is O=C(CCCN1CCC(O[C@H]2O[C@H](C(=O)O)[C@@H](O)[C@H](O)[C@H]2O)(c2ccc(Cl)cc2)CC1)c1ccc(F)cc1. The van der Waals surface area contributed by atoms with Crippen LogP contribution in [0.15, 0.2) is 48.5 Å². The first-order valence-electron chi connectivity index (χ1n) is 12.5. The van der Waals surface area contributed by atoms with Gasteiger partial charge in [-0.3, -0.25) is 4.79 Å². The first-order chi connectivity index (χ1) is 18.1. The molecule has 5 atom stereocenters. The summed E-state index contributed by atoms with van der Waals surface area (Å²) >= 11 is 6.07. The van der Waals surface area contributed by atoms with Crippen molar-refractivity contribution in [2.24, 2.45) is 0 Å². The van der Waals surface area contributed by atoms with Crippen LogP contribution in [-0.2, 0) is 19.9 Å². The van der Waals surface area contributed by atoms with Crippen molar-refractivity contribution in [1.29, 1.82) is 0 Å². The number of ether oxygens (including phenoxy) is 2. The number of nitrogens with zero attached hydrogens (tertiary/aromatic N) is 1. The second-order valence-electron chi connectivity index (χ2n) is 9.73. The fourth-order valence-electron chi connectivity index (χ4n) is 4.98. The molecule has 4 rings (SSSR count). The number of piperidine rings is 1. The molecule has 2 fully saturated rings. The molecule has 2 aliphatic heterocycles. The van der Waals surface area contributed by atoms with Crippen molar-refractivity contribution in [2.45, 2.75) is 62.0 Å². The van der Waals surface area contributed by atoms with E-state index in [9.17, 15) is 34.4 Å². The number of carbonyl (C=O) groups excluding carboxylic acids is 1. The first kappa shape index (κ1) is 28.6. The molecule has 0 aliphatic carbocycles. The molecule has 0 spiro atoms. The molecular formula is C27H31ClFNO8. The lowest BCUT2D eigenvalue weighted by Gasteiger charge is -2.47. The zero-order chi connectivity index (χ0) is 27.4. The predicted octanol–water partition coefficient (Wildman–Crippen LogP) is 2.34. The van der Waals surface area contributed by atoms with Crippen molar-refractivity contribution < 1.29 is 43.9 Å². The Morgan fingerprint density at radius 3 is 2.24 bits per heavy atom. The van der Waals surface area contributed by atoms with Gasteiger partial charge in [0.05, 0.1) is 5.60 Å². The second kappa shape index (κ2) is 12.2. The van der Waals surface area contributed by atoms with E-state index in [1.165, 1.54) is 24.3 Å². The van der Waals surface area contributed by atoms with Gasteiger partial charge in [-0.25, -0.2) is 9.18 Å². The van der Waals surface area contributed by atoms with Gasteiger partial charge in [0.1, 0.15) is 24.1 Å². The van der Waals surface area contributed by atoms with E-state index in [4.69, 9.17) is 21.1 Å². The Bertz CT molecular complexity index is 1110. The van der Waals surface area contributed by atoms with Crippen LogP contribution in [0.3, 0.4) is 0 Å². The minimum absolute atomic E-state index is 0.0574. The molecule has 2 aromatic carbocycles. The monoisotopic (exact) mass is 551 g/mol. The highest BCUT2D eigenvalue weighted by Gasteiger charge is 2.50. The smallest absolute Gasteiger partial charge is 0.335 e. The van der Waals surface area contributed by atoms with Crippen molar-refractivity contribution in [2.75, 3.05) is 19.6 Å². The number of Topliss-reactive ketones (excluding diaryl/α,β-unsaturated/α-hetero) is 1. The van der Waals surface area contributed by atoms with E-state index in [0.29, 0.717) is 55.9 Å². The van der Waals surface area contributed by atoms with Gasteiger partial charge in [0.25, 0.3) is 0 Å². The summed E-state index contributed by atoms with van der Waals surface area (Å²) in [4.78, 5) is 26.1. The standard InChI is InChI=1S/C27H31ClFNO8/c28-18-7-5-17(6-8-18)27(38-26-23(34)21(32)22(33)24(37-26)25(35)36)11-14-30(15-12-27)13-1-2-20(31)16-3-9-19(29)10-4-16/h3-10,21-24,26,32-34H,1-2,11-15H2,(H,35,36)/t21-,22-,23+,24-,26+/m0/s1. The summed E-state index contributed by atoms with van der Waals surface area (Å²) in [6.45, 7) is 1.80. The average molecular weight is 552 g/mol. The lowest BCUT2D eigenvalue weighted by Crippen LogP contribution is -2.62. The van der Waals surface area contributed by atoms with Gasteiger partial charge in [-0.1, -0.05) is 23.7 Å². The molecule has 0 radical (unpaired) electrons. The summed E-state index contributed by atoms with van der Waals surface area (Å²) in [6, 6.07) is 12.5. The van der Waals surface area contributed by atoms with Crippen LogP contribution in [0.2, 0.25) is 5.02 Å². The topological polar surface area (TPSA) is 137 Å². The molecular weight excluding hydrogens is 521 g/mol. The molecule has 0 bridgehead atoms. The van der Waals surface area contributed by atoms with Gasteiger partial charge >= 0.3 is 5.97 Å². The zero-order valence-electron chi connectivity index (χ0n) is 20.6. The maximum absolute atomic E-state index is 13.1. The number of aliphatic hydroxyl groups is 3. The first-order valence-corrected chi connectivity index (χ1v) is 12.8. The average Bonchev–Trinajstić information content (AvgIpc) is 2.90. The minimum atomic E-state index is -1.81. The van der Waals surface area contributed by atoms with E-state index >= 15 is 0 Å². The Morgan fingerprint density at radius 1 is 1.00 bits per heavy atom. The number of benzene rings is 2. The van der Waals surface area contributed by atoms with E-state index in [0.717, 1.165) is 5.56 Å². The number of likely N-dealkylation sites (tertiary alicyclic amines) is 1. The molecule has 9 nitrogen and oxygen atoms in total. The zero-order valence-corrected chi connectivity index (χ0v) is 21.3. The van der Waals surface area contributed by atoms with Crippen molar-refractivity contribution in [3.8, 4) is 0 Å². The lowest BCUT2D eigenvalue weighted by molar-refractivity contribution is -0.327. The Hall–Kier alpha value is -2.44. The molecule has 38 heavy (non-hydrogen) atoms. The van der Waals surface area contributed by atoms with Crippen LogP contribution < -0.4 is 0 Å².